The highest BCUT2D eigenvalue weighted by molar-refractivity contribution is 6.30. The van der Waals surface area contributed by atoms with Gasteiger partial charge in [-0.25, -0.2) is 4.39 Å². The Bertz CT molecular complexity index is 330. The maximum absolute atomic E-state index is 13.1. The quantitative estimate of drug-likeness (QED) is 0.581. The number of nitrogens with one attached hydrogen (secondary N) is 1. The highest BCUT2D eigenvalue weighted by Crippen LogP contribution is 2.18. The van der Waals surface area contributed by atoms with E-state index in [0.717, 1.165) is 0 Å². The monoisotopic (exact) mass is 197 g/mol. The third-order valence-electron chi connectivity index (χ3n) is 1.52. The van der Waals surface area contributed by atoms with Crippen molar-refractivity contribution in [2.75, 3.05) is 11.9 Å². The topological polar surface area (TPSA) is 12.0 Å². The van der Waals surface area contributed by atoms with Gasteiger partial charge in [0.25, 0.3) is 0 Å². The van der Waals surface area contributed by atoms with Gasteiger partial charge in [-0.2, -0.15) is 0 Å². The number of terminal acetylenes is 1. The number of benzene rings is 1. The first-order valence-corrected chi connectivity index (χ1v) is 4.24. The summed E-state index contributed by atoms with van der Waals surface area (Å²) in [5, 5.41) is 3.25. The molecule has 1 rings (SSSR count). The molecule has 1 aromatic carbocycles. The standard InChI is InChI=1S/C10H9ClFN/c1-2-3-6-13-10-5-4-8(11)7-9(10)12/h1,4-5,7,13H,3,6H2. The average molecular weight is 198 g/mol. The molecule has 0 saturated heterocycles. The second kappa shape index (κ2) is 4.74. The lowest BCUT2D eigenvalue weighted by atomic mass is 10.3. The van der Waals surface area contributed by atoms with Crippen LogP contribution in [0.3, 0.4) is 0 Å². The van der Waals surface area contributed by atoms with E-state index in [1.165, 1.54) is 6.07 Å². The van der Waals surface area contributed by atoms with Crippen LogP contribution in [0, 0.1) is 18.2 Å². The van der Waals surface area contributed by atoms with Crippen molar-refractivity contribution >= 4 is 17.3 Å². The number of halogens is 2. The number of hydrogen-bond donors (Lipinski definition) is 1. The summed E-state index contributed by atoms with van der Waals surface area (Å²) in [6, 6.07) is 4.48. The van der Waals surface area contributed by atoms with E-state index >= 15 is 0 Å². The molecule has 0 spiro atoms. The molecule has 0 aliphatic rings. The Morgan fingerprint density at radius 2 is 2.31 bits per heavy atom. The molecule has 1 aromatic rings. The summed E-state index contributed by atoms with van der Waals surface area (Å²) in [7, 11) is 0. The van der Waals surface area contributed by atoms with Crippen LogP contribution in [0.25, 0.3) is 0 Å². The van der Waals surface area contributed by atoms with Gasteiger partial charge in [0, 0.05) is 18.0 Å². The third-order valence-corrected chi connectivity index (χ3v) is 1.75. The van der Waals surface area contributed by atoms with Gasteiger partial charge in [-0.15, -0.1) is 12.3 Å². The van der Waals surface area contributed by atoms with Gasteiger partial charge in [-0.05, 0) is 18.2 Å². The minimum Gasteiger partial charge on any atom is -0.382 e. The van der Waals surface area contributed by atoms with Gasteiger partial charge < -0.3 is 5.32 Å². The number of rotatable bonds is 3. The Labute approximate surface area is 81.9 Å². The molecule has 3 heteroatoms. The van der Waals surface area contributed by atoms with Crippen molar-refractivity contribution in [2.24, 2.45) is 0 Å². The number of hydrogen-bond acceptors (Lipinski definition) is 1. The molecular weight excluding hydrogens is 189 g/mol. The molecule has 68 valence electrons. The normalized spacial score (nSPS) is 9.31. The van der Waals surface area contributed by atoms with Crippen LogP contribution in [0.1, 0.15) is 6.42 Å². The largest absolute Gasteiger partial charge is 0.382 e. The van der Waals surface area contributed by atoms with E-state index in [4.69, 9.17) is 18.0 Å². The molecule has 0 aromatic heterocycles. The fourth-order valence-corrected chi connectivity index (χ4v) is 1.06. The van der Waals surface area contributed by atoms with Crippen molar-refractivity contribution < 1.29 is 4.39 Å². The van der Waals surface area contributed by atoms with Crippen molar-refractivity contribution in [2.45, 2.75) is 6.42 Å². The first-order valence-electron chi connectivity index (χ1n) is 3.86. The number of anilines is 1. The fraction of sp³-hybridized carbons (Fsp3) is 0.200. The third kappa shape index (κ3) is 2.96. The molecule has 0 radical (unpaired) electrons. The van der Waals surface area contributed by atoms with E-state index < -0.39 is 0 Å². The Hall–Kier alpha value is -1.20. The molecule has 0 heterocycles. The lowest BCUT2D eigenvalue weighted by molar-refractivity contribution is 0.630. The minimum absolute atomic E-state index is 0.357. The Kier molecular flexibility index (Phi) is 3.60. The average Bonchev–Trinajstić information content (AvgIpc) is 2.09. The summed E-state index contributed by atoms with van der Waals surface area (Å²) in [5.74, 6) is 2.10. The van der Waals surface area contributed by atoms with Crippen molar-refractivity contribution in [3.63, 3.8) is 0 Å². The van der Waals surface area contributed by atoms with E-state index in [-0.39, 0.29) is 5.82 Å². The smallest absolute Gasteiger partial charge is 0.147 e. The van der Waals surface area contributed by atoms with Crippen LogP contribution >= 0.6 is 11.6 Å². The molecule has 0 amide bonds. The first-order chi connectivity index (χ1) is 6.24. The van der Waals surface area contributed by atoms with Gasteiger partial charge in [-0.1, -0.05) is 11.6 Å². The van der Waals surface area contributed by atoms with Crippen molar-refractivity contribution in [3.05, 3.63) is 29.0 Å². The molecule has 0 unspecified atom stereocenters. The second-order valence-corrected chi connectivity index (χ2v) is 2.94. The molecule has 0 atom stereocenters. The summed E-state index contributed by atoms with van der Waals surface area (Å²) in [6.07, 6.45) is 5.62. The molecule has 0 bridgehead atoms. The summed E-state index contributed by atoms with van der Waals surface area (Å²) < 4.78 is 13.1. The van der Waals surface area contributed by atoms with Crippen LogP contribution in [0.4, 0.5) is 10.1 Å². The predicted molar refractivity (Wildman–Crippen MR) is 53.3 cm³/mol. The summed E-state index contributed by atoms with van der Waals surface area (Å²) in [6.45, 7) is 0.565. The Balaban J connectivity index is 2.62. The zero-order chi connectivity index (χ0) is 9.68. The van der Waals surface area contributed by atoms with Crippen LogP contribution < -0.4 is 5.32 Å². The van der Waals surface area contributed by atoms with Crippen molar-refractivity contribution in [3.8, 4) is 12.3 Å². The van der Waals surface area contributed by atoms with Crippen LogP contribution in [0.2, 0.25) is 5.02 Å². The molecule has 0 saturated carbocycles. The fourth-order valence-electron chi connectivity index (χ4n) is 0.902. The van der Waals surface area contributed by atoms with Crippen molar-refractivity contribution in [1.82, 2.24) is 0 Å². The van der Waals surface area contributed by atoms with E-state index in [9.17, 15) is 4.39 Å². The Morgan fingerprint density at radius 1 is 1.54 bits per heavy atom. The lowest BCUT2D eigenvalue weighted by Crippen LogP contribution is -2.01. The summed E-state index contributed by atoms with van der Waals surface area (Å²) >= 11 is 5.58. The zero-order valence-electron chi connectivity index (χ0n) is 6.98. The van der Waals surface area contributed by atoms with E-state index in [2.05, 4.69) is 11.2 Å². The maximum Gasteiger partial charge on any atom is 0.147 e. The molecule has 0 aliphatic carbocycles. The zero-order valence-corrected chi connectivity index (χ0v) is 7.74. The van der Waals surface area contributed by atoms with Gasteiger partial charge in [0.15, 0.2) is 0 Å². The SMILES string of the molecule is C#CCCNc1ccc(Cl)cc1F. The van der Waals surface area contributed by atoms with Crippen LogP contribution in [-0.4, -0.2) is 6.54 Å². The van der Waals surface area contributed by atoms with Crippen LogP contribution in [0.15, 0.2) is 18.2 Å². The van der Waals surface area contributed by atoms with E-state index in [0.29, 0.717) is 23.7 Å². The van der Waals surface area contributed by atoms with Gasteiger partial charge in [-0.3, -0.25) is 0 Å². The summed E-state index contributed by atoms with van der Waals surface area (Å²) in [4.78, 5) is 0. The Morgan fingerprint density at radius 3 is 2.92 bits per heavy atom. The van der Waals surface area contributed by atoms with Gasteiger partial charge in [0.2, 0.25) is 0 Å². The van der Waals surface area contributed by atoms with Gasteiger partial charge in [0.1, 0.15) is 5.82 Å². The van der Waals surface area contributed by atoms with E-state index in [1.54, 1.807) is 12.1 Å². The highest BCUT2D eigenvalue weighted by Gasteiger charge is 2.00. The minimum atomic E-state index is -0.357. The second-order valence-electron chi connectivity index (χ2n) is 2.51. The predicted octanol–water partition coefficient (Wildman–Crippen LogP) is 2.91. The molecule has 1 N–H and O–H groups in total. The first kappa shape index (κ1) is 9.88. The van der Waals surface area contributed by atoms with Gasteiger partial charge in [0.05, 0.1) is 5.69 Å². The molecule has 0 aliphatic heterocycles. The summed E-state index contributed by atoms with van der Waals surface area (Å²) in [5.41, 5.74) is 0.430. The molecule has 13 heavy (non-hydrogen) atoms. The van der Waals surface area contributed by atoms with Crippen LogP contribution in [0.5, 0.6) is 0 Å². The van der Waals surface area contributed by atoms with Crippen molar-refractivity contribution in [1.29, 1.82) is 0 Å². The van der Waals surface area contributed by atoms with Crippen LogP contribution in [-0.2, 0) is 0 Å². The molecule has 1 nitrogen and oxygen atoms in total. The maximum atomic E-state index is 13.1. The molecular formula is C10H9ClFN. The van der Waals surface area contributed by atoms with E-state index in [1.807, 2.05) is 0 Å². The lowest BCUT2D eigenvalue weighted by Gasteiger charge is -2.05. The highest BCUT2D eigenvalue weighted by atomic mass is 35.5. The molecule has 0 fully saturated rings. The van der Waals surface area contributed by atoms with Gasteiger partial charge >= 0.3 is 0 Å².